The molecule has 1 aromatic carbocycles. The first-order valence-corrected chi connectivity index (χ1v) is 12.8. The minimum atomic E-state index is -2.85. The van der Waals surface area contributed by atoms with Gasteiger partial charge in [0.05, 0.1) is 30.3 Å². The van der Waals surface area contributed by atoms with Crippen LogP contribution in [0.1, 0.15) is 75.3 Å². The van der Waals surface area contributed by atoms with Gasteiger partial charge in [-0.05, 0) is 49.8 Å². The van der Waals surface area contributed by atoms with Gasteiger partial charge in [0.1, 0.15) is 5.76 Å². The molecule has 1 atom stereocenters. The van der Waals surface area contributed by atoms with Gasteiger partial charge in [-0.3, -0.25) is 10.1 Å². The number of piperidine rings is 1. The van der Waals surface area contributed by atoms with Crippen molar-refractivity contribution in [1.29, 1.82) is 0 Å². The highest BCUT2D eigenvalue weighted by Crippen LogP contribution is 2.61. The van der Waals surface area contributed by atoms with Crippen LogP contribution >= 0.6 is 0 Å². The third-order valence-electron chi connectivity index (χ3n) is 7.24. The van der Waals surface area contributed by atoms with Gasteiger partial charge >= 0.3 is 5.97 Å². The van der Waals surface area contributed by atoms with Crippen molar-refractivity contribution in [3.63, 3.8) is 0 Å². The number of carbonyl (C=O) groups excluding carboxylic acids is 1. The number of halogens is 2. The molecule has 0 amide bonds. The first-order chi connectivity index (χ1) is 18.2. The molecule has 1 heterocycles. The number of alkyl halides is 2. The number of carbonyl (C=O) groups is 1. The van der Waals surface area contributed by atoms with Gasteiger partial charge in [-0.15, -0.1) is 0 Å². The summed E-state index contributed by atoms with van der Waals surface area (Å²) in [7, 11) is 2.49. The summed E-state index contributed by atoms with van der Waals surface area (Å²) < 4.78 is 37.9. The third-order valence-corrected chi connectivity index (χ3v) is 7.24. The second kappa shape index (κ2) is 12.4. The van der Waals surface area contributed by atoms with E-state index in [-0.39, 0.29) is 47.4 Å². The largest absolute Gasteiger partial charge is 0.501 e. The Morgan fingerprint density at radius 2 is 1.87 bits per heavy atom. The lowest BCUT2D eigenvalue weighted by Crippen LogP contribution is -2.60. The highest BCUT2D eigenvalue weighted by atomic mass is 19.3. The second-order valence-corrected chi connectivity index (χ2v) is 9.69. The smallest absolute Gasteiger partial charge is 0.338 e. The Balaban J connectivity index is 0.00000260. The number of esters is 1. The van der Waals surface area contributed by atoms with Crippen molar-refractivity contribution in [2.24, 2.45) is 5.41 Å². The van der Waals surface area contributed by atoms with Crippen LogP contribution < -0.4 is 0 Å². The first kappa shape index (κ1) is 32.1. The van der Waals surface area contributed by atoms with Crippen LogP contribution in [-0.2, 0) is 9.47 Å². The average molecular weight is 553 g/mol. The summed E-state index contributed by atoms with van der Waals surface area (Å²) in [5.41, 5.74) is -1.13. The monoisotopic (exact) mass is 552 g/mol. The van der Waals surface area contributed by atoms with Crippen molar-refractivity contribution in [3.8, 4) is 0 Å². The van der Waals surface area contributed by atoms with Gasteiger partial charge in [-0.2, -0.15) is 0 Å². The molecule has 1 aliphatic heterocycles. The Morgan fingerprint density at radius 1 is 1.26 bits per heavy atom. The lowest BCUT2D eigenvalue weighted by Gasteiger charge is -2.56. The topological polar surface area (TPSA) is 122 Å². The lowest BCUT2D eigenvalue weighted by molar-refractivity contribution is -0.386. The summed E-state index contributed by atoms with van der Waals surface area (Å²) in [5, 5.41) is 35.2. The number of allylic oxidation sites excluding steroid dienone is 3. The van der Waals surface area contributed by atoms with Gasteiger partial charge in [0.25, 0.3) is 11.6 Å². The number of nitro groups is 1. The quantitative estimate of drug-likeness (QED) is 0.106. The summed E-state index contributed by atoms with van der Waals surface area (Å²) in [6.45, 7) is 11.1. The van der Waals surface area contributed by atoms with Gasteiger partial charge in [-0.25, -0.2) is 18.5 Å². The summed E-state index contributed by atoms with van der Waals surface area (Å²) in [6, 6.07) is 2.66. The number of hydrogen-bond acceptors (Lipinski definition) is 8. The molecule has 1 spiro atoms. The van der Waals surface area contributed by atoms with E-state index < -0.39 is 52.7 Å². The number of hydrogen-bond donors (Lipinski definition) is 2. The van der Waals surface area contributed by atoms with Crippen LogP contribution in [0.15, 0.2) is 53.8 Å². The van der Waals surface area contributed by atoms with Gasteiger partial charge in [0, 0.05) is 37.1 Å². The van der Waals surface area contributed by atoms with Crippen molar-refractivity contribution in [2.45, 2.75) is 71.3 Å². The molecule has 1 unspecified atom stereocenters. The Bertz CT molecular complexity index is 1150. The molecule has 2 aliphatic rings. The Labute approximate surface area is 227 Å². The SMILES string of the molecule is C=C(/C=C\C)/C(=C(\C)OC)C(O)(O)N1CCC2(CC1c1ccc(C(=O)OC)cc1[N+](=O)[O-])CC(F)(F)C2.CC. The summed E-state index contributed by atoms with van der Waals surface area (Å²) in [4.78, 5) is 24.6. The van der Waals surface area contributed by atoms with E-state index in [1.54, 1.807) is 19.1 Å². The number of likely N-dealkylation sites (tertiary alicyclic amines) is 1. The lowest BCUT2D eigenvalue weighted by atomic mass is 9.58. The van der Waals surface area contributed by atoms with Crippen molar-refractivity contribution < 1.29 is 38.2 Å². The molecule has 1 saturated carbocycles. The highest BCUT2D eigenvalue weighted by molar-refractivity contribution is 5.90. The number of aliphatic hydroxyl groups is 2. The van der Waals surface area contributed by atoms with Gasteiger partial charge in [0.2, 0.25) is 5.92 Å². The van der Waals surface area contributed by atoms with Crippen LogP contribution in [0.3, 0.4) is 0 Å². The molecule has 1 aromatic rings. The van der Waals surface area contributed by atoms with Crippen LogP contribution in [0, 0.1) is 15.5 Å². The van der Waals surface area contributed by atoms with Crippen molar-refractivity contribution in [2.75, 3.05) is 20.8 Å². The van der Waals surface area contributed by atoms with Crippen LogP contribution in [0.4, 0.5) is 14.5 Å². The van der Waals surface area contributed by atoms with Crippen molar-refractivity contribution in [3.05, 3.63) is 75.1 Å². The van der Waals surface area contributed by atoms with E-state index in [1.807, 2.05) is 13.8 Å². The molecular weight excluding hydrogens is 514 g/mol. The molecule has 216 valence electrons. The summed E-state index contributed by atoms with van der Waals surface area (Å²) >= 11 is 0. The average Bonchev–Trinajstić information content (AvgIpc) is 2.87. The number of benzene rings is 1. The van der Waals surface area contributed by atoms with Gasteiger partial charge in [0.15, 0.2) is 0 Å². The second-order valence-electron chi connectivity index (χ2n) is 9.69. The summed E-state index contributed by atoms with van der Waals surface area (Å²) in [5.74, 6) is -6.20. The van der Waals surface area contributed by atoms with E-state index in [4.69, 9.17) is 4.74 Å². The number of ether oxygens (including phenoxy) is 2. The summed E-state index contributed by atoms with van der Waals surface area (Å²) in [6.07, 6.45) is 2.65. The van der Waals surface area contributed by atoms with Crippen molar-refractivity contribution in [1.82, 2.24) is 4.90 Å². The molecule has 0 radical (unpaired) electrons. The predicted octanol–water partition coefficient (Wildman–Crippen LogP) is 5.65. The van der Waals surface area contributed by atoms with E-state index in [0.717, 1.165) is 13.2 Å². The molecule has 11 heteroatoms. The van der Waals surface area contributed by atoms with E-state index in [9.17, 15) is 33.9 Å². The van der Waals surface area contributed by atoms with E-state index in [0.29, 0.717) is 0 Å². The number of nitro benzene ring substituents is 1. The molecule has 9 nitrogen and oxygen atoms in total. The number of nitrogens with zero attached hydrogens (tertiary/aromatic N) is 2. The maximum Gasteiger partial charge on any atom is 0.338 e. The molecular formula is C28H38F2N2O7. The third kappa shape index (κ3) is 6.54. The molecule has 2 N–H and O–H groups in total. The minimum Gasteiger partial charge on any atom is -0.501 e. The Hall–Kier alpha value is -3.15. The maximum absolute atomic E-state index is 14.0. The van der Waals surface area contributed by atoms with Crippen LogP contribution in [0.5, 0.6) is 0 Å². The normalized spacial score (nSPS) is 20.8. The molecule has 1 saturated heterocycles. The molecule has 2 fully saturated rings. The zero-order chi connectivity index (χ0) is 29.8. The number of rotatable bonds is 8. The highest BCUT2D eigenvalue weighted by Gasteiger charge is 2.61. The minimum absolute atomic E-state index is 0.0132. The van der Waals surface area contributed by atoms with E-state index >= 15 is 0 Å². The molecule has 1 aliphatic carbocycles. The molecule has 0 bridgehead atoms. The number of methoxy groups -OCH3 is 2. The molecule has 0 aromatic heterocycles. The van der Waals surface area contributed by atoms with Gasteiger partial charge < -0.3 is 19.7 Å². The van der Waals surface area contributed by atoms with E-state index in [1.165, 1.54) is 31.1 Å². The standard InChI is InChI=1S/C26H32F2N2O7.C2H6/c1-6-7-16(2)22(17(3)36-4)26(32,33)29-11-10-24(14-25(27,28)15-24)13-21(29)19-9-8-18(23(31)37-5)12-20(19)30(34)35;1-2/h6-9,12,21,32-33H,2,10-11,13-15H2,1,3-5H3;1-2H3/b7-6-,22-17-;. The van der Waals surface area contributed by atoms with Crippen LogP contribution in [0.2, 0.25) is 0 Å². The zero-order valence-electron chi connectivity index (χ0n) is 23.3. The molecule has 3 rings (SSSR count). The van der Waals surface area contributed by atoms with E-state index in [2.05, 4.69) is 11.3 Å². The maximum atomic E-state index is 14.0. The fourth-order valence-electron chi connectivity index (χ4n) is 5.59. The van der Waals surface area contributed by atoms with Gasteiger partial charge in [-0.1, -0.05) is 32.6 Å². The zero-order valence-corrected chi connectivity index (χ0v) is 23.3. The first-order valence-electron chi connectivity index (χ1n) is 12.8. The van der Waals surface area contributed by atoms with Crippen LogP contribution in [-0.4, -0.2) is 58.6 Å². The predicted molar refractivity (Wildman–Crippen MR) is 142 cm³/mol. The molecule has 39 heavy (non-hydrogen) atoms. The Kier molecular flexibility index (Phi) is 10.2. The Morgan fingerprint density at radius 3 is 2.36 bits per heavy atom. The fraction of sp³-hybridized carbons (Fsp3) is 0.536. The fourth-order valence-corrected chi connectivity index (χ4v) is 5.59. The van der Waals surface area contributed by atoms with Crippen LogP contribution in [0.25, 0.3) is 0 Å². The van der Waals surface area contributed by atoms with Crippen molar-refractivity contribution >= 4 is 11.7 Å².